The lowest BCUT2D eigenvalue weighted by atomic mass is 9.68. The van der Waals surface area contributed by atoms with Crippen molar-refractivity contribution in [2.75, 3.05) is 0 Å². The summed E-state index contributed by atoms with van der Waals surface area (Å²) in [6, 6.07) is 0. The average molecular weight is 196 g/mol. The SMILES string of the molecule is CC1CCCC(C(C)(O)C2(C)CC2)C1. The highest BCUT2D eigenvalue weighted by molar-refractivity contribution is 5.06. The molecule has 0 aliphatic heterocycles. The summed E-state index contributed by atoms with van der Waals surface area (Å²) in [7, 11) is 0. The van der Waals surface area contributed by atoms with Crippen LogP contribution in [0.4, 0.5) is 0 Å². The number of hydrogen-bond donors (Lipinski definition) is 1. The highest BCUT2D eigenvalue weighted by atomic mass is 16.3. The minimum Gasteiger partial charge on any atom is -0.389 e. The molecule has 0 radical (unpaired) electrons. The van der Waals surface area contributed by atoms with Crippen molar-refractivity contribution in [3.8, 4) is 0 Å². The molecule has 2 aliphatic carbocycles. The van der Waals surface area contributed by atoms with Gasteiger partial charge in [0, 0.05) is 0 Å². The van der Waals surface area contributed by atoms with Gasteiger partial charge in [-0.15, -0.1) is 0 Å². The van der Waals surface area contributed by atoms with Gasteiger partial charge in [0.2, 0.25) is 0 Å². The minimum absolute atomic E-state index is 0.245. The van der Waals surface area contributed by atoms with E-state index < -0.39 is 5.60 Å². The summed E-state index contributed by atoms with van der Waals surface area (Å²) in [5.74, 6) is 1.38. The van der Waals surface area contributed by atoms with E-state index in [-0.39, 0.29) is 5.41 Å². The fourth-order valence-electron chi connectivity index (χ4n) is 3.13. The van der Waals surface area contributed by atoms with E-state index in [2.05, 4.69) is 20.8 Å². The summed E-state index contributed by atoms with van der Waals surface area (Å²) >= 11 is 0. The molecule has 1 heteroatoms. The lowest BCUT2D eigenvalue weighted by molar-refractivity contribution is -0.0776. The van der Waals surface area contributed by atoms with Crippen LogP contribution in [-0.4, -0.2) is 10.7 Å². The summed E-state index contributed by atoms with van der Waals surface area (Å²) in [5.41, 5.74) is -0.156. The van der Waals surface area contributed by atoms with Crippen LogP contribution in [0.15, 0.2) is 0 Å². The first-order chi connectivity index (χ1) is 6.46. The lowest BCUT2D eigenvalue weighted by Crippen LogP contribution is -2.44. The first kappa shape index (κ1) is 10.5. The van der Waals surface area contributed by atoms with Gasteiger partial charge in [-0.2, -0.15) is 0 Å². The maximum atomic E-state index is 10.7. The maximum Gasteiger partial charge on any atom is 0.0701 e. The van der Waals surface area contributed by atoms with Gasteiger partial charge in [-0.1, -0.05) is 26.7 Å². The predicted molar refractivity (Wildman–Crippen MR) is 59.1 cm³/mol. The van der Waals surface area contributed by atoms with Crippen LogP contribution in [0.3, 0.4) is 0 Å². The molecule has 1 nitrogen and oxygen atoms in total. The van der Waals surface area contributed by atoms with Gasteiger partial charge in [0.25, 0.3) is 0 Å². The van der Waals surface area contributed by atoms with Crippen molar-refractivity contribution in [3.63, 3.8) is 0 Å². The van der Waals surface area contributed by atoms with Crippen LogP contribution in [0.5, 0.6) is 0 Å². The predicted octanol–water partition coefficient (Wildman–Crippen LogP) is 3.36. The number of hydrogen-bond acceptors (Lipinski definition) is 1. The molecule has 2 aliphatic rings. The molecule has 14 heavy (non-hydrogen) atoms. The first-order valence-electron chi connectivity index (χ1n) is 6.18. The van der Waals surface area contributed by atoms with Gasteiger partial charge in [-0.25, -0.2) is 0 Å². The molecule has 0 aromatic heterocycles. The van der Waals surface area contributed by atoms with Crippen molar-refractivity contribution in [1.29, 1.82) is 0 Å². The molecule has 2 fully saturated rings. The Morgan fingerprint density at radius 3 is 2.43 bits per heavy atom. The van der Waals surface area contributed by atoms with Gasteiger partial charge in [-0.05, 0) is 49.9 Å². The second-order valence-corrected chi connectivity index (χ2v) is 6.18. The monoisotopic (exact) mass is 196 g/mol. The molecule has 0 heterocycles. The minimum atomic E-state index is -0.401. The Bertz CT molecular complexity index is 215. The van der Waals surface area contributed by atoms with E-state index in [9.17, 15) is 5.11 Å². The smallest absolute Gasteiger partial charge is 0.0701 e. The zero-order chi connectivity index (χ0) is 10.4. The Hall–Kier alpha value is -0.0400. The van der Waals surface area contributed by atoms with Gasteiger partial charge in [0.1, 0.15) is 0 Å². The molecule has 3 atom stereocenters. The lowest BCUT2D eigenvalue weighted by Gasteiger charge is -2.42. The van der Waals surface area contributed by atoms with Crippen LogP contribution in [0.2, 0.25) is 0 Å². The van der Waals surface area contributed by atoms with Crippen LogP contribution in [0, 0.1) is 17.3 Å². The summed E-state index contributed by atoms with van der Waals surface area (Å²) in [4.78, 5) is 0. The van der Waals surface area contributed by atoms with E-state index >= 15 is 0 Å². The Labute approximate surface area is 87.9 Å². The van der Waals surface area contributed by atoms with Gasteiger partial charge in [-0.3, -0.25) is 0 Å². The van der Waals surface area contributed by atoms with Crippen LogP contribution < -0.4 is 0 Å². The molecular formula is C13H24O. The molecular weight excluding hydrogens is 172 g/mol. The van der Waals surface area contributed by atoms with E-state index in [1.807, 2.05) is 0 Å². The fourth-order valence-corrected chi connectivity index (χ4v) is 3.13. The molecule has 0 saturated heterocycles. The molecule has 0 bridgehead atoms. The van der Waals surface area contributed by atoms with Gasteiger partial charge < -0.3 is 5.11 Å². The quantitative estimate of drug-likeness (QED) is 0.718. The van der Waals surface area contributed by atoms with E-state index in [0.717, 1.165) is 5.92 Å². The summed E-state index contributed by atoms with van der Waals surface area (Å²) in [5, 5.41) is 10.7. The molecule has 0 aromatic rings. The van der Waals surface area contributed by atoms with Crippen molar-refractivity contribution in [1.82, 2.24) is 0 Å². The fraction of sp³-hybridized carbons (Fsp3) is 1.00. The topological polar surface area (TPSA) is 20.2 Å². The van der Waals surface area contributed by atoms with Crippen molar-refractivity contribution >= 4 is 0 Å². The highest BCUT2D eigenvalue weighted by Crippen LogP contribution is 2.58. The standard InChI is InChI=1S/C13H24O/c1-10-5-4-6-11(9-10)13(3,14)12(2)7-8-12/h10-11,14H,4-9H2,1-3H3. The zero-order valence-corrected chi connectivity index (χ0v) is 9.84. The summed E-state index contributed by atoms with van der Waals surface area (Å²) in [6.07, 6.45) is 7.62. The van der Waals surface area contributed by atoms with Gasteiger partial charge in [0.15, 0.2) is 0 Å². The second-order valence-electron chi connectivity index (χ2n) is 6.18. The maximum absolute atomic E-state index is 10.7. The molecule has 1 N–H and O–H groups in total. The molecule has 82 valence electrons. The normalized spacial score (nSPS) is 40.3. The average Bonchev–Trinajstić information content (AvgIpc) is 2.85. The third kappa shape index (κ3) is 1.60. The largest absolute Gasteiger partial charge is 0.389 e. The molecule has 2 saturated carbocycles. The Balaban J connectivity index is 2.05. The van der Waals surface area contributed by atoms with Crippen molar-refractivity contribution < 1.29 is 5.11 Å². The van der Waals surface area contributed by atoms with E-state index in [1.165, 1.54) is 38.5 Å². The molecule has 3 unspecified atom stereocenters. The number of aliphatic hydroxyl groups is 1. The van der Waals surface area contributed by atoms with Gasteiger partial charge in [0.05, 0.1) is 5.60 Å². The third-order valence-corrected chi connectivity index (χ3v) is 4.95. The molecule has 0 aromatic carbocycles. The second kappa shape index (κ2) is 3.23. The van der Waals surface area contributed by atoms with Crippen molar-refractivity contribution in [2.24, 2.45) is 17.3 Å². The van der Waals surface area contributed by atoms with Crippen LogP contribution in [-0.2, 0) is 0 Å². The molecule has 2 rings (SSSR count). The van der Waals surface area contributed by atoms with E-state index in [1.54, 1.807) is 0 Å². The van der Waals surface area contributed by atoms with Crippen molar-refractivity contribution in [2.45, 2.75) is 64.9 Å². The van der Waals surface area contributed by atoms with Crippen LogP contribution in [0.25, 0.3) is 0 Å². The third-order valence-electron chi connectivity index (χ3n) is 4.95. The van der Waals surface area contributed by atoms with Crippen LogP contribution in [0.1, 0.15) is 59.3 Å². The van der Waals surface area contributed by atoms with E-state index in [4.69, 9.17) is 0 Å². The van der Waals surface area contributed by atoms with Crippen molar-refractivity contribution in [3.05, 3.63) is 0 Å². The zero-order valence-electron chi connectivity index (χ0n) is 9.84. The Kier molecular flexibility index (Phi) is 2.42. The number of rotatable bonds is 2. The van der Waals surface area contributed by atoms with Gasteiger partial charge >= 0.3 is 0 Å². The first-order valence-corrected chi connectivity index (χ1v) is 6.18. The van der Waals surface area contributed by atoms with E-state index in [0.29, 0.717) is 5.92 Å². The highest BCUT2D eigenvalue weighted by Gasteiger charge is 2.55. The summed E-state index contributed by atoms with van der Waals surface area (Å²) < 4.78 is 0. The van der Waals surface area contributed by atoms with Crippen LogP contribution >= 0.6 is 0 Å². The summed E-state index contributed by atoms with van der Waals surface area (Å²) in [6.45, 7) is 6.67. The molecule has 0 spiro atoms. The Morgan fingerprint density at radius 1 is 1.29 bits per heavy atom. The Morgan fingerprint density at radius 2 is 1.93 bits per heavy atom. The molecule has 0 amide bonds.